The molecule has 1 amide bonds. The van der Waals surface area contributed by atoms with Crippen LogP contribution in [0.3, 0.4) is 0 Å². The van der Waals surface area contributed by atoms with Gasteiger partial charge in [0.25, 0.3) is 0 Å². The monoisotopic (exact) mass is 338 g/mol. The van der Waals surface area contributed by atoms with Crippen LogP contribution in [0.25, 0.3) is 0 Å². The van der Waals surface area contributed by atoms with E-state index in [9.17, 15) is 4.79 Å². The number of amides is 1. The molecular weight excluding hydrogens is 324 g/mol. The van der Waals surface area contributed by atoms with E-state index in [-0.39, 0.29) is 12.5 Å². The molecule has 1 aliphatic rings. The zero-order chi connectivity index (χ0) is 15.4. The maximum Gasteiger partial charge on any atom is 0.230 e. The number of rotatable bonds is 7. The Balaban J connectivity index is 1.44. The van der Waals surface area contributed by atoms with Gasteiger partial charge in [-0.05, 0) is 37.1 Å². The number of carbonyl (C=O) groups excluding carboxylic acids is 1. The first-order chi connectivity index (χ1) is 10.7. The van der Waals surface area contributed by atoms with Gasteiger partial charge in [-0.2, -0.15) is 0 Å². The number of nitrogens with zero attached hydrogens (tertiary/aromatic N) is 2. The van der Waals surface area contributed by atoms with Crippen LogP contribution in [0.1, 0.15) is 18.7 Å². The number of hydrogen-bond donors (Lipinski definition) is 2. The topological polar surface area (TPSA) is 79.9 Å². The average molecular weight is 339 g/mol. The van der Waals surface area contributed by atoms with E-state index in [0.717, 1.165) is 12.8 Å². The summed E-state index contributed by atoms with van der Waals surface area (Å²) in [5.74, 6) is 1.67. The molecule has 3 rings (SSSR count). The highest BCUT2D eigenvalue weighted by molar-refractivity contribution is 7.99. The van der Waals surface area contributed by atoms with E-state index in [1.54, 1.807) is 24.3 Å². The van der Waals surface area contributed by atoms with Gasteiger partial charge in [-0.25, -0.2) is 4.98 Å². The molecule has 8 heteroatoms. The van der Waals surface area contributed by atoms with Crippen molar-refractivity contribution in [1.82, 2.24) is 20.5 Å². The molecule has 1 heterocycles. The van der Waals surface area contributed by atoms with Crippen LogP contribution in [-0.4, -0.2) is 32.9 Å². The Hall–Kier alpha value is -1.73. The predicted octanol–water partition coefficient (Wildman–Crippen LogP) is 2.41. The molecule has 0 radical (unpaired) electrons. The lowest BCUT2D eigenvalue weighted by molar-refractivity contribution is -0.118. The molecule has 0 unspecified atom stereocenters. The van der Waals surface area contributed by atoms with Crippen molar-refractivity contribution in [3.63, 3.8) is 0 Å². The molecule has 1 aromatic heterocycles. The molecule has 1 aromatic carbocycles. The summed E-state index contributed by atoms with van der Waals surface area (Å²) in [6, 6.07) is 7.48. The molecule has 6 nitrogen and oxygen atoms in total. The minimum Gasteiger partial charge on any atom is -0.486 e. The number of nitrogens with one attached hydrogen (secondary N) is 2. The second-order valence-electron chi connectivity index (χ2n) is 4.94. The van der Waals surface area contributed by atoms with Gasteiger partial charge in [-0.15, -0.1) is 5.10 Å². The van der Waals surface area contributed by atoms with E-state index in [4.69, 9.17) is 16.3 Å². The number of carbonyl (C=O) groups is 1. The Morgan fingerprint density at radius 3 is 2.91 bits per heavy atom. The molecule has 0 aliphatic heterocycles. The molecule has 22 heavy (non-hydrogen) atoms. The number of halogens is 1. The van der Waals surface area contributed by atoms with Gasteiger partial charge in [0.15, 0.2) is 5.82 Å². The second kappa shape index (κ2) is 7.02. The lowest BCUT2D eigenvalue weighted by atomic mass is 10.3. The first-order valence-corrected chi connectivity index (χ1v) is 8.27. The molecule has 1 fully saturated rings. The van der Waals surface area contributed by atoms with Gasteiger partial charge in [0.05, 0.1) is 5.75 Å². The summed E-state index contributed by atoms with van der Waals surface area (Å²) >= 11 is 7.11. The Morgan fingerprint density at radius 1 is 1.41 bits per heavy atom. The molecule has 0 spiro atoms. The van der Waals surface area contributed by atoms with Crippen molar-refractivity contribution in [3.05, 3.63) is 35.1 Å². The van der Waals surface area contributed by atoms with E-state index >= 15 is 0 Å². The molecule has 116 valence electrons. The largest absolute Gasteiger partial charge is 0.486 e. The highest BCUT2D eigenvalue weighted by Crippen LogP contribution is 2.20. The van der Waals surface area contributed by atoms with Gasteiger partial charge < -0.3 is 10.1 Å². The van der Waals surface area contributed by atoms with Crippen molar-refractivity contribution in [3.8, 4) is 5.75 Å². The Labute approximate surface area is 137 Å². The number of thioether (sulfide) groups is 1. The molecule has 2 N–H and O–H groups in total. The van der Waals surface area contributed by atoms with E-state index in [2.05, 4.69) is 20.5 Å². The summed E-state index contributed by atoms with van der Waals surface area (Å²) < 4.78 is 5.57. The molecule has 0 bridgehead atoms. The summed E-state index contributed by atoms with van der Waals surface area (Å²) in [4.78, 5) is 15.9. The lowest BCUT2D eigenvalue weighted by Gasteiger charge is -2.03. The maximum absolute atomic E-state index is 11.6. The van der Waals surface area contributed by atoms with Gasteiger partial charge in [0, 0.05) is 11.1 Å². The Bertz CT molecular complexity index is 643. The molecular formula is C14H15ClN4O2S. The van der Waals surface area contributed by atoms with Gasteiger partial charge >= 0.3 is 0 Å². The molecule has 1 aliphatic carbocycles. The quantitative estimate of drug-likeness (QED) is 0.758. The Morgan fingerprint density at radius 2 is 2.18 bits per heavy atom. The number of H-pyrrole nitrogens is 1. The molecule has 1 saturated carbocycles. The summed E-state index contributed by atoms with van der Waals surface area (Å²) in [5.41, 5.74) is 0. The number of aromatic amines is 1. The van der Waals surface area contributed by atoms with Crippen LogP contribution in [0.15, 0.2) is 29.4 Å². The highest BCUT2D eigenvalue weighted by Gasteiger charge is 2.23. The molecule has 0 atom stereocenters. The summed E-state index contributed by atoms with van der Waals surface area (Å²) in [5, 5.41) is 11.0. The van der Waals surface area contributed by atoms with E-state index in [1.165, 1.54) is 11.8 Å². The normalized spacial score (nSPS) is 13.9. The number of ether oxygens (including phenoxy) is 1. The van der Waals surface area contributed by atoms with Gasteiger partial charge in [-0.3, -0.25) is 9.89 Å². The van der Waals surface area contributed by atoms with Crippen LogP contribution in [0.5, 0.6) is 5.75 Å². The minimum atomic E-state index is 0.0243. The predicted molar refractivity (Wildman–Crippen MR) is 84.1 cm³/mol. The van der Waals surface area contributed by atoms with Crippen molar-refractivity contribution < 1.29 is 9.53 Å². The number of aromatic nitrogens is 3. The van der Waals surface area contributed by atoms with Crippen molar-refractivity contribution in [1.29, 1.82) is 0 Å². The van der Waals surface area contributed by atoms with Gasteiger partial charge in [0.1, 0.15) is 12.4 Å². The number of hydrogen-bond acceptors (Lipinski definition) is 5. The fourth-order valence-electron chi connectivity index (χ4n) is 1.72. The van der Waals surface area contributed by atoms with Crippen molar-refractivity contribution >= 4 is 29.3 Å². The first kappa shape index (κ1) is 15.2. The standard InChI is InChI=1S/C14H15ClN4O2S/c15-9-1-5-11(6-2-9)21-7-12-17-14(19-18-12)22-8-13(20)16-10-3-4-10/h1-2,5-6,10H,3-4,7-8H2,(H,16,20)(H,17,18,19). The maximum atomic E-state index is 11.6. The zero-order valence-electron chi connectivity index (χ0n) is 11.7. The van der Waals surface area contributed by atoms with Crippen LogP contribution in [-0.2, 0) is 11.4 Å². The van der Waals surface area contributed by atoms with E-state index in [1.807, 2.05) is 0 Å². The smallest absolute Gasteiger partial charge is 0.230 e. The third-order valence-electron chi connectivity index (χ3n) is 2.98. The van der Waals surface area contributed by atoms with Crippen molar-refractivity contribution in [2.45, 2.75) is 30.6 Å². The first-order valence-electron chi connectivity index (χ1n) is 6.91. The van der Waals surface area contributed by atoms with Gasteiger partial charge in [0.2, 0.25) is 11.1 Å². The van der Waals surface area contributed by atoms with E-state index in [0.29, 0.717) is 33.5 Å². The number of benzene rings is 1. The van der Waals surface area contributed by atoms with Gasteiger partial charge in [-0.1, -0.05) is 23.4 Å². The minimum absolute atomic E-state index is 0.0243. The van der Waals surface area contributed by atoms with Crippen molar-refractivity contribution in [2.24, 2.45) is 0 Å². The highest BCUT2D eigenvalue weighted by atomic mass is 35.5. The molecule has 0 saturated heterocycles. The van der Waals surface area contributed by atoms with Crippen LogP contribution in [0.2, 0.25) is 5.02 Å². The average Bonchev–Trinajstić information content (AvgIpc) is 3.20. The third kappa shape index (κ3) is 4.64. The summed E-state index contributed by atoms with van der Waals surface area (Å²) in [6.07, 6.45) is 2.17. The van der Waals surface area contributed by atoms with Crippen LogP contribution >= 0.6 is 23.4 Å². The second-order valence-corrected chi connectivity index (χ2v) is 6.32. The lowest BCUT2D eigenvalue weighted by Crippen LogP contribution is -2.27. The zero-order valence-corrected chi connectivity index (χ0v) is 13.3. The third-order valence-corrected chi connectivity index (χ3v) is 4.07. The van der Waals surface area contributed by atoms with Crippen LogP contribution < -0.4 is 10.1 Å². The van der Waals surface area contributed by atoms with E-state index < -0.39 is 0 Å². The molecule has 2 aromatic rings. The SMILES string of the molecule is O=C(CSc1n[nH]c(COc2ccc(Cl)cc2)n1)NC1CC1. The van der Waals surface area contributed by atoms with Crippen LogP contribution in [0, 0.1) is 0 Å². The van der Waals surface area contributed by atoms with Crippen molar-refractivity contribution in [2.75, 3.05) is 5.75 Å². The summed E-state index contributed by atoms with van der Waals surface area (Å²) in [7, 11) is 0. The summed E-state index contributed by atoms with van der Waals surface area (Å²) in [6.45, 7) is 0.281. The Kier molecular flexibility index (Phi) is 4.84. The fourth-order valence-corrected chi connectivity index (χ4v) is 2.47. The fraction of sp³-hybridized carbons (Fsp3) is 0.357. The van der Waals surface area contributed by atoms with Crippen LogP contribution in [0.4, 0.5) is 0 Å².